The monoisotopic (exact) mass is 458 g/mol. The van der Waals surface area contributed by atoms with E-state index in [-0.39, 0.29) is 47.9 Å². The molecule has 0 spiro atoms. The van der Waals surface area contributed by atoms with E-state index in [1.165, 1.54) is 12.8 Å². The molecule has 5 aliphatic rings. The zero-order chi connectivity index (χ0) is 24.1. The van der Waals surface area contributed by atoms with Crippen LogP contribution in [0, 0.1) is 40.9 Å². The second-order valence-electron chi connectivity index (χ2n) is 12.3. The number of aliphatic hydroxyl groups is 3. The second-order valence-corrected chi connectivity index (χ2v) is 12.3. The summed E-state index contributed by atoms with van der Waals surface area (Å²) in [5.41, 5.74) is -3.20. The van der Waals surface area contributed by atoms with Crippen molar-refractivity contribution in [1.82, 2.24) is 0 Å². The van der Waals surface area contributed by atoms with E-state index in [1.807, 2.05) is 19.9 Å². The molecule has 6 nitrogen and oxygen atoms in total. The van der Waals surface area contributed by atoms with Gasteiger partial charge in [-0.2, -0.15) is 0 Å². The lowest BCUT2D eigenvalue weighted by Crippen LogP contribution is -2.61. The van der Waals surface area contributed by atoms with Crippen LogP contribution in [0.2, 0.25) is 0 Å². The number of Topliss-reactive ketones (excluding diaryl/α,β-unsaturated/α-hetero) is 1. The molecule has 5 rings (SSSR count). The van der Waals surface area contributed by atoms with E-state index in [0.29, 0.717) is 23.5 Å². The summed E-state index contributed by atoms with van der Waals surface area (Å²) in [7, 11) is 0. The van der Waals surface area contributed by atoms with E-state index < -0.39 is 28.6 Å². The number of carbonyl (C=O) groups is 2. The average molecular weight is 459 g/mol. The van der Waals surface area contributed by atoms with Crippen LogP contribution in [-0.4, -0.2) is 50.5 Å². The average Bonchev–Trinajstić information content (AvgIpc) is 3.62. The van der Waals surface area contributed by atoms with Crippen molar-refractivity contribution in [2.75, 3.05) is 6.61 Å². The highest BCUT2D eigenvalue weighted by Crippen LogP contribution is 2.76. The number of esters is 1. The molecule has 0 unspecified atom stereocenters. The van der Waals surface area contributed by atoms with Gasteiger partial charge in [-0.05, 0) is 42.7 Å². The fourth-order valence-corrected chi connectivity index (χ4v) is 7.83. The zero-order valence-electron chi connectivity index (χ0n) is 20.4. The van der Waals surface area contributed by atoms with Gasteiger partial charge in [0.25, 0.3) is 0 Å². The third kappa shape index (κ3) is 2.96. The Hall–Kier alpha value is -1.50. The van der Waals surface area contributed by atoms with Crippen LogP contribution in [0.25, 0.3) is 0 Å². The number of hydrogen-bond donors (Lipinski definition) is 3. The first kappa shape index (κ1) is 23.3. The molecule has 0 saturated heterocycles. The topological polar surface area (TPSA) is 104 Å². The van der Waals surface area contributed by atoms with Crippen LogP contribution in [0.4, 0.5) is 0 Å². The molecule has 6 heteroatoms. The molecule has 0 heterocycles. The van der Waals surface area contributed by atoms with Gasteiger partial charge in [0.15, 0.2) is 5.78 Å². The van der Waals surface area contributed by atoms with Gasteiger partial charge < -0.3 is 20.1 Å². The number of carbonyl (C=O) groups excluding carboxylic acids is 2. The van der Waals surface area contributed by atoms with Crippen LogP contribution in [-0.2, 0) is 14.3 Å². The number of ketones is 1. The quantitative estimate of drug-likeness (QED) is 0.432. The molecular formula is C27H38O6. The van der Waals surface area contributed by atoms with Crippen LogP contribution in [0.1, 0.15) is 66.7 Å². The van der Waals surface area contributed by atoms with E-state index >= 15 is 0 Å². The molecular weight excluding hydrogens is 420 g/mol. The maximum absolute atomic E-state index is 13.1. The standard InChI is InChI=1S/C27H38O6/c1-14-9-20-25(31,22(14)29)12-18(13-28)10-19-21-24(4,5)26(21,11-16(3)27(19,20)32)33-23(30)15(2)8-17-6-7-17/h9-10,15-17,19-21,28,31-32H,6-8,11-13H2,1-5H3/t15-,16+,19-,20+,21+,25+,26-,27+/m0/s1. The molecule has 0 radical (unpaired) electrons. The van der Waals surface area contributed by atoms with Gasteiger partial charge in [-0.25, -0.2) is 0 Å². The molecule has 0 aromatic heterocycles. The zero-order valence-corrected chi connectivity index (χ0v) is 20.4. The van der Waals surface area contributed by atoms with Crippen LogP contribution in [0.5, 0.6) is 0 Å². The molecule has 33 heavy (non-hydrogen) atoms. The minimum atomic E-state index is -1.76. The third-order valence-corrected chi connectivity index (χ3v) is 9.94. The van der Waals surface area contributed by atoms with Crippen LogP contribution in [0.15, 0.2) is 23.3 Å². The fourth-order valence-electron chi connectivity index (χ4n) is 7.83. The summed E-state index contributed by atoms with van der Waals surface area (Å²) in [6.07, 6.45) is 7.32. The Balaban J connectivity index is 1.54. The smallest absolute Gasteiger partial charge is 0.309 e. The normalized spacial score (nSPS) is 46.2. The van der Waals surface area contributed by atoms with Gasteiger partial charge in [-0.1, -0.05) is 52.7 Å². The molecule has 3 saturated carbocycles. The van der Waals surface area contributed by atoms with E-state index in [9.17, 15) is 24.9 Å². The largest absolute Gasteiger partial charge is 0.458 e. The predicted octanol–water partition coefficient (Wildman–Crippen LogP) is 2.95. The van der Waals surface area contributed by atoms with Crippen molar-refractivity contribution in [1.29, 1.82) is 0 Å². The molecule has 3 fully saturated rings. The minimum Gasteiger partial charge on any atom is -0.458 e. The second kappa shape index (κ2) is 7.02. The first-order valence-electron chi connectivity index (χ1n) is 12.5. The highest BCUT2D eigenvalue weighted by molar-refractivity contribution is 6.04. The molecule has 0 aromatic rings. The maximum Gasteiger partial charge on any atom is 0.309 e. The van der Waals surface area contributed by atoms with Crippen molar-refractivity contribution in [2.24, 2.45) is 40.9 Å². The first-order chi connectivity index (χ1) is 15.3. The highest BCUT2D eigenvalue weighted by Gasteiger charge is 2.83. The lowest BCUT2D eigenvalue weighted by molar-refractivity contribution is -0.189. The molecule has 3 N–H and O–H groups in total. The van der Waals surface area contributed by atoms with Crippen molar-refractivity contribution >= 4 is 11.8 Å². The summed E-state index contributed by atoms with van der Waals surface area (Å²) in [6, 6.07) is 0. The van der Waals surface area contributed by atoms with Crippen LogP contribution >= 0.6 is 0 Å². The van der Waals surface area contributed by atoms with Gasteiger partial charge in [0.05, 0.1) is 18.1 Å². The van der Waals surface area contributed by atoms with Crippen molar-refractivity contribution in [3.05, 3.63) is 23.3 Å². The Kier molecular flexibility index (Phi) is 4.94. The van der Waals surface area contributed by atoms with Crippen molar-refractivity contribution < 1.29 is 29.6 Å². The molecule has 0 aromatic carbocycles. The lowest BCUT2D eigenvalue weighted by Gasteiger charge is -2.50. The van der Waals surface area contributed by atoms with Gasteiger partial charge in [-0.3, -0.25) is 9.59 Å². The maximum atomic E-state index is 13.1. The summed E-state index contributed by atoms with van der Waals surface area (Å²) in [5.74, 6) is -1.76. The van der Waals surface area contributed by atoms with Crippen molar-refractivity contribution in [3.8, 4) is 0 Å². The highest BCUT2D eigenvalue weighted by atomic mass is 16.6. The summed E-state index contributed by atoms with van der Waals surface area (Å²) < 4.78 is 6.32. The third-order valence-electron chi connectivity index (χ3n) is 9.94. The fraction of sp³-hybridized carbons (Fsp3) is 0.778. The number of rotatable bonds is 5. The van der Waals surface area contributed by atoms with Crippen LogP contribution < -0.4 is 0 Å². The summed E-state index contributed by atoms with van der Waals surface area (Å²) in [5, 5.41) is 33.9. The number of fused-ring (bicyclic) bond motifs is 5. The number of ether oxygens (including phenoxy) is 1. The van der Waals surface area contributed by atoms with Crippen molar-refractivity contribution in [2.45, 2.75) is 83.5 Å². The molecule has 0 bridgehead atoms. The van der Waals surface area contributed by atoms with Gasteiger partial charge in [0, 0.05) is 29.6 Å². The Morgan fingerprint density at radius 1 is 1.24 bits per heavy atom. The number of aliphatic hydroxyl groups excluding tert-OH is 1. The Labute approximate surface area is 196 Å². The predicted molar refractivity (Wildman–Crippen MR) is 122 cm³/mol. The van der Waals surface area contributed by atoms with E-state index in [1.54, 1.807) is 13.0 Å². The van der Waals surface area contributed by atoms with Crippen molar-refractivity contribution in [3.63, 3.8) is 0 Å². The van der Waals surface area contributed by atoms with Gasteiger partial charge in [0.1, 0.15) is 11.2 Å². The summed E-state index contributed by atoms with van der Waals surface area (Å²) in [6.45, 7) is 9.43. The molecule has 0 amide bonds. The Morgan fingerprint density at radius 3 is 2.52 bits per heavy atom. The lowest BCUT2D eigenvalue weighted by atomic mass is 9.60. The van der Waals surface area contributed by atoms with Gasteiger partial charge in [-0.15, -0.1) is 0 Å². The van der Waals surface area contributed by atoms with E-state index in [2.05, 4.69) is 13.8 Å². The SMILES string of the molecule is CC1=C[C@H]2[C@@]3(O)[C@H](C)C[C@]4(OC(=O)[C@@H](C)CC5CC5)[C@H]([C@@H]3C=C(CO)C[C@]2(O)C1=O)C4(C)C. The Bertz CT molecular complexity index is 960. The number of hydrogen-bond acceptors (Lipinski definition) is 6. The summed E-state index contributed by atoms with van der Waals surface area (Å²) in [4.78, 5) is 26.1. The first-order valence-corrected chi connectivity index (χ1v) is 12.5. The van der Waals surface area contributed by atoms with Gasteiger partial charge >= 0.3 is 5.97 Å². The molecule has 182 valence electrons. The van der Waals surface area contributed by atoms with Crippen LogP contribution in [0.3, 0.4) is 0 Å². The van der Waals surface area contributed by atoms with E-state index in [4.69, 9.17) is 4.74 Å². The molecule has 0 aliphatic heterocycles. The minimum absolute atomic E-state index is 0.00469. The molecule has 5 aliphatic carbocycles. The van der Waals surface area contributed by atoms with E-state index in [0.717, 1.165) is 6.42 Å². The summed E-state index contributed by atoms with van der Waals surface area (Å²) >= 11 is 0. The van der Waals surface area contributed by atoms with Gasteiger partial charge in [0.2, 0.25) is 0 Å². The Morgan fingerprint density at radius 2 is 1.91 bits per heavy atom. The molecule has 8 atom stereocenters.